The average molecular weight is 225 g/mol. The fraction of sp³-hybridized carbons (Fsp3) is 0.200. The fourth-order valence-electron chi connectivity index (χ4n) is 1.57. The van der Waals surface area contributed by atoms with Crippen LogP contribution in [0.4, 0.5) is 0 Å². The highest BCUT2D eigenvalue weighted by molar-refractivity contribution is 5.20. The maximum Gasteiger partial charge on any atom is 0.132 e. The first-order chi connectivity index (χ1) is 8.36. The molecule has 0 unspecified atom stereocenters. The van der Waals surface area contributed by atoms with E-state index in [4.69, 9.17) is 10.2 Å². The van der Waals surface area contributed by atoms with Gasteiger partial charge in [-0.1, -0.05) is 36.3 Å². The molecule has 0 aliphatic rings. The quantitative estimate of drug-likeness (QED) is 0.816. The SMILES string of the molecule is N[C@H](C#CCCc1ccccc1)c1ccco1. The second-order valence-electron chi connectivity index (χ2n) is 3.80. The standard InChI is InChI=1S/C15H15NO/c16-14(15-11-6-12-17-15)10-5-4-9-13-7-2-1-3-8-13/h1-3,6-8,11-12,14H,4,9,16H2/t14-/m1/s1. The van der Waals surface area contributed by atoms with Gasteiger partial charge in [0.25, 0.3) is 0 Å². The first-order valence-corrected chi connectivity index (χ1v) is 5.67. The van der Waals surface area contributed by atoms with E-state index in [-0.39, 0.29) is 6.04 Å². The summed E-state index contributed by atoms with van der Waals surface area (Å²) >= 11 is 0. The smallest absolute Gasteiger partial charge is 0.132 e. The van der Waals surface area contributed by atoms with Gasteiger partial charge in [-0.25, -0.2) is 0 Å². The Balaban J connectivity index is 1.83. The molecule has 0 aliphatic heterocycles. The van der Waals surface area contributed by atoms with Crippen molar-refractivity contribution in [3.63, 3.8) is 0 Å². The monoisotopic (exact) mass is 225 g/mol. The van der Waals surface area contributed by atoms with Gasteiger partial charge in [0.05, 0.1) is 6.26 Å². The van der Waals surface area contributed by atoms with Crippen LogP contribution in [0.2, 0.25) is 0 Å². The van der Waals surface area contributed by atoms with Crippen LogP contribution in [-0.4, -0.2) is 0 Å². The van der Waals surface area contributed by atoms with Gasteiger partial charge in [0.2, 0.25) is 0 Å². The Hall–Kier alpha value is -1.98. The van der Waals surface area contributed by atoms with Crippen molar-refractivity contribution in [3.8, 4) is 11.8 Å². The van der Waals surface area contributed by atoms with E-state index in [9.17, 15) is 0 Å². The average Bonchev–Trinajstić information content (AvgIpc) is 2.89. The van der Waals surface area contributed by atoms with Gasteiger partial charge in [0, 0.05) is 6.42 Å². The number of hydrogen-bond acceptors (Lipinski definition) is 2. The van der Waals surface area contributed by atoms with Gasteiger partial charge in [-0.2, -0.15) is 0 Å². The zero-order valence-corrected chi connectivity index (χ0v) is 9.60. The molecule has 0 fully saturated rings. The Morgan fingerprint density at radius 1 is 1.12 bits per heavy atom. The van der Waals surface area contributed by atoms with Gasteiger partial charge in [-0.3, -0.25) is 0 Å². The number of nitrogens with two attached hydrogens (primary N) is 1. The molecule has 1 heterocycles. The van der Waals surface area contributed by atoms with E-state index in [1.807, 2.05) is 30.3 Å². The van der Waals surface area contributed by atoms with Crippen LogP contribution in [0.5, 0.6) is 0 Å². The topological polar surface area (TPSA) is 39.2 Å². The summed E-state index contributed by atoms with van der Waals surface area (Å²) in [6.45, 7) is 0. The highest BCUT2D eigenvalue weighted by Gasteiger charge is 2.03. The lowest BCUT2D eigenvalue weighted by Crippen LogP contribution is -2.05. The minimum absolute atomic E-state index is 0.319. The summed E-state index contributed by atoms with van der Waals surface area (Å²) in [6.07, 6.45) is 3.39. The Morgan fingerprint density at radius 2 is 1.94 bits per heavy atom. The molecule has 1 atom stereocenters. The third-order valence-corrected chi connectivity index (χ3v) is 2.49. The first-order valence-electron chi connectivity index (χ1n) is 5.67. The van der Waals surface area contributed by atoms with Gasteiger partial charge in [0.15, 0.2) is 0 Å². The number of rotatable bonds is 3. The van der Waals surface area contributed by atoms with Crippen LogP contribution in [-0.2, 0) is 6.42 Å². The molecule has 86 valence electrons. The van der Waals surface area contributed by atoms with Gasteiger partial charge in [-0.05, 0) is 24.1 Å². The lowest BCUT2D eigenvalue weighted by Gasteiger charge is -1.98. The zero-order valence-electron chi connectivity index (χ0n) is 9.60. The van der Waals surface area contributed by atoms with Crippen LogP contribution >= 0.6 is 0 Å². The number of aryl methyl sites for hydroxylation is 1. The van der Waals surface area contributed by atoms with Crippen molar-refractivity contribution in [2.24, 2.45) is 5.73 Å². The van der Waals surface area contributed by atoms with Crippen LogP contribution < -0.4 is 5.73 Å². The fourth-order valence-corrected chi connectivity index (χ4v) is 1.57. The second-order valence-corrected chi connectivity index (χ2v) is 3.80. The van der Waals surface area contributed by atoms with Crippen molar-refractivity contribution in [2.75, 3.05) is 0 Å². The third kappa shape index (κ3) is 3.51. The van der Waals surface area contributed by atoms with E-state index in [1.54, 1.807) is 6.26 Å². The molecule has 2 rings (SSSR count). The predicted molar refractivity (Wildman–Crippen MR) is 68.2 cm³/mol. The number of benzene rings is 1. The van der Waals surface area contributed by atoms with Gasteiger partial charge >= 0.3 is 0 Å². The van der Waals surface area contributed by atoms with E-state index < -0.39 is 0 Å². The van der Waals surface area contributed by atoms with Crippen molar-refractivity contribution >= 4 is 0 Å². The van der Waals surface area contributed by atoms with E-state index in [0.717, 1.165) is 18.6 Å². The molecule has 2 nitrogen and oxygen atoms in total. The van der Waals surface area contributed by atoms with Crippen molar-refractivity contribution in [2.45, 2.75) is 18.9 Å². The largest absolute Gasteiger partial charge is 0.467 e. The van der Waals surface area contributed by atoms with Crippen molar-refractivity contribution in [1.82, 2.24) is 0 Å². The molecule has 1 aromatic carbocycles. The van der Waals surface area contributed by atoms with Crippen molar-refractivity contribution < 1.29 is 4.42 Å². The van der Waals surface area contributed by atoms with Crippen LogP contribution in [0.3, 0.4) is 0 Å². The molecule has 0 saturated heterocycles. The van der Waals surface area contributed by atoms with Crippen LogP contribution in [0.15, 0.2) is 53.1 Å². The molecule has 0 amide bonds. The Morgan fingerprint density at radius 3 is 2.65 bits per heavy atom. The van der Waals surface area contributed by atoms with Crippen LogP contribution in [0.25, 0.3) is 0 Å². The molecule has 0 aliphatic carbocycles. The van der Waals surface area contributed by atoms with E-state index >= 15 is 0 Å². The van der Waals surface area contributed by atoms with Gasteiger partial charge < -0.3 is 10.2 Å². The molecular formula is C15H15NO. The highest BCUT2D eigenvalue weighted by atomic mass is 16.3. The first kappa shape index (κ1) is 11.5. The molecule has 17 heavy (non-hydrogen) atoms. The van der Waals surface area contributed by atoms with Crippen LogP contribution in [0.1, 0.15) is 23.8 Å². The van der Waals surface area contributed by atoms with Crippen molar-refractivity contribution in [1.29, 1.82) is 0 Å². The maximum absolute atomic E-state index is 5.85. The third-order valence-electron chi connectivity index (χ3n) is 2.49. The minimum atomic E-state index is -0.319. The summed E-state index contributed by atoms with van der Waals surface area (Å²) in [5, 5.41) is 0. The Labute approximate surface area is 101 Å². The molecule has 2 N–H and O–H groups in total. The summed E-state index contributed by atoms with van der Waals surface area (Å²) < 4.78 is 5.18. The second kappa shape index (κ2) is 5.93. The normalized spacial score (nSPS) is 11.6. The summed E-state index contributed by atoms with van der Waals surface area (Å²) in [7, 11) is 0. The molecule has 0 bridgehead atoms. The minimum Gasteiger partial charge on any atom is -0.467 e. The van der Waals surface area contributed by atoms with Crippen molar-refractivity contribution in [3.05, 3.63) is 60.1 Å². The number of hydrogen-bond donors (Lipinski definition) is 1. The summed E-state index contributed by atoms with van der Waals surface area (Å²) in [5.41, 5.74) is 7.15. The van der Waals surface area contributed by atoms with E-state index in [2.05, 4.69) is 24.0 Å². The van der Waals surface area contributed by atoms with E-state index in [1.165, 1.54) is 5.56 Å². The molecule has 0 saturated carbocycles. The Bertz CT molecular complexity index is 491. The van der Waals surface area contributed by atoms with E-state index in [0.29, 0.717) is 0 Å². The Kier molecular flexibility index (Phi) is 4.01. The molecule has 2 aromatic rings. The molecule has 2 heteroatoms. The summed E-state index contributed by atoms with van der Waals surface area (Å²) in [4.78, 5) is 0. The summed E-state index contributed by atoms with van der Waals surface area (Å²) in [5.74, 6) is 6.80. The van der Waals surface area contributed by atoms with Gasteiger partial charge in [-0.15, -0.1) is 5.92 Å². The predicted octanol–water partition coefficient (Wildman–Crippen LogP) is 2.92. The molecular weight excluding hydrogens is 210 g/mol. The maximum atomic E-state index is 5.85. The van der Waals surface area contributed by atoms with Crippen LogP contribution in [0, 0.1) is 11.8 Å². The molecule has 1 aromatic heterocycles. The summed E-state index contributed by atoms with van der Waals surface area (Å²) in [6, 6.07) is 13.6. The lowest BCUT2D eigenvalue weighted by molar-refractivity contribution is 0.498. The zero-order chi connectivity index (χ0) is 11.9. The van der Waals surface area contributed by atoms with Gasteiger partial charge in [0.1, 0.15) is 11.8 Å². The lowest BCUT2D eigenvalue weighted by atomic mass is 10.1. The number of furan rings is 1. The molecule has 0 radical (unpaired) electrons. The highest BCUT2D eigenvalue weighted by Crippen LogP contribution is 2.09. The molecule has 0 spiro atoms.